The molecule has 0 spiro atoms. The summed E-state index contributed by atoms with van der Waals surface area (Å²) < 4.78 is 29.3. The molecular formula is C16H20N2O4S2. The van der Waals surface area contributed by atoms with Gasteiger partial charge in [-0.1, -0.05) is 24.8 Å². The van der Waals surface area contributed by atoms with Crippen molar-refractivity contribution in [3.05, 3.63) is 24.3 Å². The molecular weight excluding hydrogens is 348 g/mol. The Morgan fingerprint density at radius 1 is 1.42 bits per heavy atom. The first-order chi connectivity index (χ1) is 11.4. The van der Waals surface area contributed by atoms with Crippen LogP contribution in [0.5, 0.6) is 5.75 Å². The molecule has 0 bridgehead atoms. The van der Waals surface area contributed by atoms with Crippen LogP contribution >= 0.6 is 11.8 Å². The van der Waals surface area contributed by atoms with Crippen LogP contribution in [0.15, 0.2) is 29.3 Å². The van der Waals surface area contributed by atoms with Crippen molar-refractivity contribution in [3.63, 3.8) is 0 Å². The van der Waals surface area contributed by atoms with Gasteiger partial charge in [-0.3, -0.25) is 4.79 Å². The predicted octanol–water partition coefficient (Wildman–Crippen LogP) is 2.10. The SMILES string of the molecule is CCCC(=O)N=C1S[C@@H]2CS(=O)(=O)C[C@H]2N1c1cccc(OC)c1. The molecule has 2 atom stereocenters. The van der Waals surface area contributed by atoms with Gasteiger partial charge in [0.2, 0.25) is 5.91 Å². The highest BCUT2D eigenvalue weighted by Crippen LogP contribution is 2.41. The van der Waals surface area contributed by atoms with Gasteiger partial charge in [0, 0.05) is 23.4 Å². The fourth-order valence-corrected chi connectivity index (χ4v) is 6.93. The molecule has 2 saturated heterocycles. The summed E-state index contributed by atoms with van der Waals surface area (Å²) in [6.45, 7) is 1.93. The number of methoxy groups -OCH3 is 1. The zero-order valence-electron chi connectivity index (χ0n) is 13.6. The number of carbonyl (C=O) groups excluding carboxylic acids is 1. The molecule has 2 heterocycles. The number of rotatable bonds is 4. The number of ether oxygens (including phenoxy) is 1. The lowest BCUT2D eigenvalue weighted by Crippen LogP contribution is -2.37. The standard InChI is InChI=1S/C16H20N2O4S2/c1-3-5-15(19)17-16-18(11-6-4-7-12(8-11)22-2)13-9-24(20,21)10-14(13)23-16/h4,6-8,13-14H,3,5,9-10H2,1-2H3/t13-,14-/m1/s1. The Morgan fingerprint density at radius 2 is 2.21 bits per heavy atom. The molecule has 0 saturated carbocycles. The monoisotopic (exact) mass is 368 g/mol. The van der Waals surface area contributed by atoms with Crippen LogP contribution in [0, 0.1) is 0 Å². The zero-order valence-corrected chi connectivity index (χ0v) is 15.3. The maximum absolute atomic E-state index is 12.0. The van der Waals surface area contributed by atoms with Crippen LogP contribution in [0.25, 0.3) is 0 Å². The van der Waals surface area contributed by atoms with E-state index in [-0.39, 0.29) is 28.7 Å². The Morgan fingerprint density at radius 3 is 2.92 bits per heavy atom. The van der Waals surface area contributed by atoms with Crippen molar-refractivity contribution < 1.29 is 17.9 Å². The molecule has 1 aromatic carbocycles. The summed E-state index contributed by atoms with van der Waals surface area (Å²) in [6.07, 6.45) is 1.13. The average molecular weight is 368 g/mol. The van der Waals surface area contributed by atoms with Crippen LogP contribution < -0.4 is 9.64 Å². The number of sulfone groups is 1. The van der Waals surface area contributed by atoms with Gasteiger partial charge in [0.25, 0.3) is 0 Å². The maximum atomic E-state index is 12.0. The third-order valence-corrected chi connectivity index (χ3v) is 7.29. The molecule has 6 nitrogen and oxygen atoms in total. The Bertz CT molecular complexity index is 776. The molecule has 3 rings (SSSR count). The fourth-order valence-electron chi connectivity index (χ4n) is 3.00. The second-order valence-electron chi connectivity index (χ2n) is 5.91. The summed E-state index contributed by atoms with van der Waals surface area (Å²) in [5.41, 5.74) is 0.800. The summed E-state index contributed by atoms with van der Waals surface area (Å²) in [4.78, 5) is 18.1. The molecule has 1 aromatic rings. The molecule has 2 aliphatic rings. The third-order valence-electron chi connectivity index (χ3n) is 4.08. The average Bonchev–Trinajstić information content (AvgIpc) is 2.98. The number of anilines is 1. The summed E-state index contributed by atoms with van der Waals surface area (Å²) in [6, 6.07) is 7.21. The number of hydrogen-bond donors (Lipinski definition) is 0. The lowest BCUT2D eigenvalue weighted by molar-refractivity contribution is -0.117. The van der Waals surface area contributed by atoms with Gasteiger partial charge in [-0.25, -0.2) is 8.42 Å². The number of benzene rings is 1. The second kappa shape index (κ2) is 6.76. The van der Waals surface area contributed by atoms with Gasteiger partial charge < -0.3 is 9.64 Å². The Kier molecular flexibility index (Phi) is 4.87. The van der Waals surface area contributed by atoms with Gasteiger partial charge in [0.15, 0.2) is 15.0 Å². The van der Waals surface area contributed by atoms with Crippen molar-refractivity contribution in [3.8, 4) is 5.75 Å². The number of nitrogens with zero attached hydrogens (tertiary/aromatic N) is 2. The van der Waals surface area contributed by atoms with E-state index in [0.717, 1.165) is 12.1 Å². The molecule has 24 heavy (non-hydrogen) atoms. The van der Waals surface area contributed by atoms with Crippen LogP contribution in [0.4, 0.5) is 5.69 Å². The summed E-state index contributed by atoms with van der Waals surface area (Å²) in [5, 5.41) is 0.501. The number of amides is 1. The maximum Gasteiger partial charge on any atom is 0.248 e. The van der Waals surface area contributed by atoms with E-state index < -0.39 is 9.84 Å². The minimum atomic E-state index is -3.06. The van der Waals surface area contributed by atoms with Crippen molar-refractivity contribution >= 4 is 38.4 Å². The molecule has 0 aromatic heterocycles. The Labute approximate surface area is 146 Å². The quantitative estimate of drug-likeness (QED) is 0.810. The van der Waals surface area contributed by atoms with Crippen molar-refractivity contribution in [2.24, 2.45) is 4.99 Å². The topological polar surface area (TPSA) is 76.0 Å². The van der Waals surface area contributed by atoms with E-state index in [1.54, 1.807) is 7.11 Å². The molecule has 130 valence electrons. The molecule has 2 aliphatic heterocycles. The lowest BCUT2D eigenvalue weighted by atomic mass is 10.2. The highest BCUT2D eigenvalue weighted by Gasteiger charge is 2.49. The largest absolute Gasteiger partial charge is 0.497 e. The van der Waals surface area contributed by atoms with E-state index in [1.165, 1.54) is 11.8 Å². The van der Waals surface area contributed by atoms with Crippen molar-refractivity contribution in [2.45, 2.75) is 31.1 Å². The molecule has 0 aliphatic carbocycles. The number of hydrogen-bond acceptors (Lipinski definition) is 5. The lowest BCUT2D eigenvalue weighted by Gasteiger charge is -2.24. The van der Waals surface area contributed by atoms with E-state index in [9.17, 15) is 13.2 Å². The molecule has 8 heteroatoms. The molecule has 0 radical (unpaired) electrons. The summed E-state index contributed by atoms with van der Waals surface area (Å²) >= 11 is 1.39. The van der Waals surface area contributed by atoms with Crippen LogP contribution in [0.1, 0.15) is 19.8 Å². The number of carbonyl (C=O) groups is 1. The normalized spacial score (nSPS) is 26.6. The van der Waals surface area contributed by atoms with E-state index in [1.807, 2.05) is 36.1 Å². The molecule has 1 amide bonds. The highest BCUT2D eigenvalue weighted by atomic mass is 32.2. The first-order valence-electron chi connectivity index (χ1n) is 7.85. The molecule has 0 N–H and O–H groups in total. The van der Waals surface area contributed by atoms with Crippen LogP contribution in [-0.2, 0) is 14.6 Å². The van der Waals surface area contributed by atoms with Gasteiger partial charge in [-0.05, 0) is 18.6 Å². The number of fused-ring (bicyclic) bond motifs is 1. The van der Waals surface area contributed by atoms with E-state index in [0.29, 0.717) is 17.3 Å². The minimum Gasteiger partial charge on any atom is -0.497 e. The number of thioether (sulfide) groups is 1. The van der Waals surface area contributed by atoms with Crippen molar-refractivity contribution in [1.82, 2.24) is 0 Å². The van der Waals surface area contributed by atoms with E-state index in [2.05, 4.69) is 4.99 Å². The summed E-state index contributed by atoms with van der Waals surface area (Å²) in [7, 11) is -1.47. The fraction of sp³-hybridized carbons (Fsp3) is 0.500. The Balaban J connectivity index is 1.99. The van der Waals surface area contributed by atoms with Crippen molar-refractivity contribution in [2.75, 3.05) is 23.5 Å². The van der Waals surface area contributed by atoms with Gasteiger partial charge >= 0.3 is 0 Å². The Hall–Kier alpha value is -1.54. The summed E-state index contributed by atoms with van der Waals surface area (Å²) in [5.74, 6) is 0.726. The smallest absolute Gasteiger partial charge is 0.248 e. The molecule has 2 fully saturated rings. The number of aliphatic imine (C=N–C) groups is 1. The third kappa shape index (κ3) is 3.44. The minimum absolute atomic E-state index is 0.0862. The van der Waals surface area contributed by atoms with Crippen molar-refractivity contribution in [1.29, 1.82) is 0 Å². The first kappa shape index (κ1) is 17.3. The second-order valence-corrected chi connectivity index (χ2v) is 9.27. The van der Waals surface area contributed by atoms with Gasteiger partial charge in [0.1, 0.15) is 5.75 Å². The van der Waals surface area contributed by atoms with Gasteiger partial charge in [-0.15, -0.1) is 0 Å². The molecule has 0 unspecified atom stereocenters. The zero-order chi connectivity index (χ0) is 17.3. The highest BCUT2D eigenvalue weighted by molar-refractivity contribution is 8.16. The van der Waals surface area contributed by atoms with E-state index in [4.69, 9.17) is 4.74 Å². The van der Waals surface area contributed by atoms with Gasteiger partial charge in [-0.2, -0.15) is 4.99 Å². The van der Waals surface area contributed by atoms with Crippen LogP contribution in [-0.4, -0.2) is 49.4 Å². The van der Waals surface area contributed by atoms with Gasteiger partial charge in [0.05, 0.1) is 24.7 Å². The van der Waals surface area contributed by atoms with Crippen LogP contribution in [0.2, 0.25) is 0 Å². The predicted molar refractivity (Wildman–Crippen MR) is 96.6 cm³/mol. The first-order valence-corrected chi connectivity index (χ1v) is 10.6. The number of amidine groups is 1. The van der Waals surface area contributed by atoms with E-state index >= 15 is 0 Å². The van der Waals surface area contributed by atoms with Crippen LogP contribution in [0.3, 0.4) is 0 Å².